The number of nitrogens with one attached hydrogen (secondary N) is 1. The summed E-state index contributed by atoms with van der Waals surface area (Å²) in [5.74, 6) is 0.332. The average Bonchev–Trinajstić information content (AvgIpc) is 3.24. The van der Waals surface area contributed by atoms with Crippen LogP contribution in [0.5, 0.6) is 0 Å². The highest BCUT2D eigenvalue weighted by atomic mass is 32.2. The summed E-state index contributed by atoms with van der Waals surface area (Å²) in [6.45, 7) is 2.91. The summed E-state index contributed by atoms with van der Waals surface area (Å²) in [4.78, 5) is 23.8. The summed E-state index contributed by atoms with van der Waals surface area (Å²) in [6.07, 6.45) is 5.07. The molecule has 4 aromatic rings. The number of amides is 1. The molecule has 9 heteroatoms. The van der Waals surface area contributed by atoms with Crippen molar-refractivity contribution >= 4 is 27.6 Å². The maximum absolute atomic E-state index is 13.0. The number of piperazine rings is 1. The number of carbonyl (C=O) groups excluding carboxylic acids is 1. The third-order valence-corrected chi connectivity index (χ3v) is 6.35. The summed E-state index contributed by atoms with van der Waals surface area (Å²) in [5.41, 5.74) is 3.13. The molecule has 1 unspecified atom stereocenters. The van der Waals surface area contributed by atoms with Crippen molar-refractivity contribution in [3.05, 3.63) is 66.5 Å². The lowest BCUT2D eigenvalue weighted by atomic mass is 10.1. The Morgan fingerprint density at radius 3 is 2.41 bits per heavy atom. The van der Waals surface area contributed by atoms with E-state index in [1.165, 1.54) is 0 Å². The van der Waals surface area contributed by atoms with Gasteiger partial charge in [0.25, 0.3) is 11.9 Å². The van der Waals surface area contributed by atoms with Crippen LogP contribution < -0.4 is 5.32 Å². The maximum Gasteiger partial charge on any atom is 0.254 e. The van der Waals surface area contributed by atoms with Gasteiger partial charge < -0.3 is 10.2 Å². The Balaban J connectivity index is 1.57. The number of nitrogens with zero attached hydrogens (tertiary/aromatic N) is 5. The van der Waals surface area contributed by atoms with E-state index >= 15 is 0 Å². The van der Waals surface area contributed by atoms with Crippen LogP contribution >= 0.6 is 0 Å². The number of hydrogen-bond acceptors (Lipinski definition) is 6. The lowest BCUT2D eigenvalue weighted by molar-refractivity contribution is 0.0736. The minimum absolute atomic E-state index is 0.0272. The van der Waals surface area contributed by atoms with Gasteiger partial charge in [-0.25, -0.2) is 9.97 Å². The van der Waals surface area contributed by atoms with Crippen LogP contribution in [0, 0.1) is 0 Å². The second-order valence-corrected chi connectivity index (χ2v) is 8.88. The van der Waals surface area contributed by atoms with E-state index in [4.69, 9.17) is 0 Å². The maximum atomic E-state index is 13.0. The van der Waals surface area contributed by atoms with Crippen molar-refractivity contribution in [2.75, 3.05) is 32.4 Å². The highest BCUT2D eigenvalue weighted by Gasteiger charge is 2.21. The SMILES string of the molecule is CS(=O)c1nn(-c2ncc(-c3ccccc3)cn2)c2cc(C(=O)N3CCNCC3)ccc12. The zero-order valence-corrected chi connectivity index (χ0v) is 18.4. The molecule has 5 rings (SSSR count). The van der Waals surface area contributed by atoms with Crippen molar-refractivity contribution in [1.82, 2.24) is 30.0 Å². The Morgan fingerprint density at radius 2 is 1.72 bits per heavy atom. The second-order valence-electron chi connectivity index (χ2n) is 7.58. The fraction of sp³-hybridized carbons (Fsp3) is 0.217. The Kier molecular flexibility index (Phi) is 5.50. The van der Waals surface area contributed by atoms with Gasteiger partial charge in [0, 0.05) is 61.3 Å². The lowest BCUT2D eigenvalue weighted by Gasteiger charge is -2.27. The molecule has 1 aliphatic rings. The number of carbonyl (C=O) groups is 1. The predicted octanol–water partition coefficient (Wildman–Crippen LogP) is 2.27. The molecule has 3 heterocycles. The van der Waals surface area contributed by atoms with E-state index in [0.717, 1.165) is 29.6 Å². The minimum Gasteiger partial charge on any atom is -0.336 e. The quantitative estimate of drug-likeness (QED) is 0.517. The van der Waals surface area contributed by atoms with Crippen molar-refractivity contribution in [3.63, 3.8) is 0 Å². The van der Waals surface area contributed by atoms with E-state index in [1.54, 1.807) is 35.5 Å². The normalized spacial score (nSPS) is 15.1. The number of aromatic nitrogens is 4. The van der Waals surface area contributed by atoms with E-state index < -0.39 is 10.8 Å². The number of fused-ring (bicyclic) bond motifs is 1. The molecule has 1 amide bonds. The third kappa shape index (κ3) is 3.80. The molecule has 0 spiro atoms. The van der Waals surface area contributed by atoms with Crippen molar-refractivity contribution in [1.29, 1.82) is 0 Å². The summed E-state index contributed by atoms with van der Waals surface area (Å²) in [7, 11) is -1.30. The molecule has 1 saturated heterocycles. The highest BCUT2D eigenvalue weighted by molar-refractivity contribution is 7.84. The molecule has 0 aliphatic carbocycles. The van der Waals surface area contributed by atoms with Gasteiger partial charge in [0.15, 0.2) is 5.03 Å². The molecule has 0 bridgehead atoms. The monoisotopic (exact) mass is 446 g/mol. The van der Waals surface area contributed by atoms with Crippen LogP contribution in [0.4, 0.5) is 0 Å². The van der Waals surface area contributed by atoms with Crippen LogP contribution in [0.2, 0.25) is 0 Å². The molecule has 8 nitrogen and oxygen atoms in total. The zero-order chi connectivity index (χ0) is 22.1. The van der Waals surface area contributed by atoms with E-state index in [1.807, 2.05) is 41.3 Å². The molecular weight excluding hydrogens is 424 g/mol. The molecular formula is C23H22N6O2S. The number of rotatable bonds is 4. The van der Waals surface area contributed by atoms with E-state index in [-0.39, 0.29) is 5.91 Å². The van der Waals surface area contributed by atoms with Crippen LogP contribution in [-0.4, -0.2) is 67.2 Å². The molecule has 162 valence electrons. The van der Waals surface area contributed by atoms with Gasteiger partial charge in [0.2, 0.25) is 0 Å². The first-order valence-electron chi connectivity index (χ1n) is 10.4. The van der Waals surface area contributed by atoms with Crippen LogP contribution in [-0.2, 0) is 10.8 Å². The van der Waals surface area contributed by atoms with Gasteiger partial charge in [-0.1, -0.05) is 30.3 Å². The van der Waals surface area contributed by atoms with E-state index in [9.17, 15) is 9.00 Å². The lowest BCUT2D eigenvalue weighted by Crippen LogP contribution is -2.46. The summed E-state index contributed by atoms with van der Waals surface area (Å²) in [5, 5.41) is 8.95. The van der Waals surface area contributed by atoms with Crippen LogP contribution in [0.1, 0.15) is 10.4 Å². The van der Waals surface area contributed by atoms with Gasteiger partial charge in [0.05, 0.1) is 16.3 Å². The van der Waals surface area contributed by atoms with E-state index in [2.05, 4.69) is 20.4 Å². The average molecular weight is 447 g/mol. The summed E-state index contributed by atoms with van der Waals surface area (Å²) in [6, 6.07) is 15.2. The third-order valence-electron chi connectivity index (χ3n) is 5.51. The van der Waals surface area contributed by atoms with Gasteiger partial charge in [-0.05, 0) is 23.8 Å². The summed E-state index contributed by atoms with van der Waals surface area (Å²) >= 11 is 0. The largest absolute Gasteiger partial charge is 0.336 e. The molecule has 1 aliphatic heterocycles. The second kappa shape index (κ2) is 8.60. The van der Waals surface area contributed by atoms with Gasteiger partial charge in [-0.2, -0.15) is 9.78 Å². The van der Waals surface area contributed by atoms with Crippen molar-refractivity contribution < 1.29 is 9.00 Å². The molecule has 0 radical (unpaired) electrons. The minimum atomic E-state index is -1.30. The van der Waals surface area contributed by atoms with Gasteiger partial charge in [0.1, 0.15) is 0 Å². The van der Waals surface area contributed by atoms with Crippen molar-refractivity contribution in [3.8, 4) is 17.1 Å². The van der Waals surface area contributed by atoms with Crippen molar-refractivity contribution in [2.24, 2.45) is 0 Å². The van der Waals surface area contributed by atoms with Gasteiger partial charge in [-0.3, -0.25) is 9.00 Å². The Bertz CT molecular complexity index is 1300. The first-order valence-corrected chi connectivity index (χ1v) is 11.9. The molecule has 2 aromatic carbocycles. The van der Waals surface area contributed by atoms with Crippen molar-refractivity contribution in [2.45, 2.75) is 5.03 Å². The predicted molar refractivity (Wildman–Crippen MR) is 123 cm³/mol. The Hall–Kier alpha value is -3.43. The topological polar surface area (TPSA) is 93.0 Å². The molecule has 1 fully saturated rings. The summed E-state index contributed by atoms with van der Waals surface area (Å²) < 4.78 is 13.9. The first-order chi connectivity index (χ1) is 15.6. The standard InChI is InChI=1S/C23H22N6O2S/c1-32(31)21-19-8-7-17(22(30)28-11-9-24-10-12-28)13-20(19)29(27-21)23-25-14-18(15-26-23)16-5-3-2-4-6-16/h2-8,13-15,24H,9-12H2,1H3. The molecule has 32 heavy (non-hydrogen) atoms. The fourth-order valence-electron chi connectivity index (χ4n) is 3.84. The Morgan fingerprint density at radius 1 is 1.00 bits per heavy atom. The molecule has 1 atom stereocenters. The first kappa shape index (κ1) is 20.5. The smallest absolute Gasteiger partial charge is 0.254 e. The number of hydrogen-bond donors (Lipinski definition) is 1. The van der Waals surface area contributed by atoms with E-state index in [0.29, 0.717) is 35.1 Å². The number of benzene rings is 2. The van der Waals surface area contributed by atoms with Gasteiger partial charge in [-0.15, -0.1) is 0 Å². The van der Waals surface area contributed by atoms with Crippen LogP contribution in [0.3, 0.4) is 0 Å². The molecule has 0 saturated carbocycles. The Labute approximate surface area is 187 Å². The zero-order valence-electron chi connectivity index (χ0n) is 17.6. The fourth-order valence-corrected chi connectivity index (χ4v) is 4.52. The molecule has 1 N–H and O–H groups in total. The highest BCUT2D eigenvalue weighted by Crippen LogP contribution is 2.25. The van der Waals surface area contributed by atoms with Gasteiger partial charge >= 0.3 is 0 Å². The van der Waals surface area contributed by atoms with Crippen LogP contribution in [0.25, 0.3) is 28.0 Å². The molecule has 2 aromatic heterocycles. The van der Waals surface area contributed by atoms with Crippen LogP contribution in [0.15, 0.2) is 66.0 Å².